The van der Waals surface area contributed by atoms with Crippen molar-refractivity contribution in [3.63, 3.8) is 0 Å². The Labute approximate surface area is 148 Å². The molecule has 25 heavy (non-hydrogen) atoms. The molecule has 0 saturated carbocycles. The fourth-order valence-electron chi connectivity index (χ4n) is 1.99. The topological polar surface area (TPSA) is 94.0 Å². The summed E-state index contributed by atoms with van der Waals surface area (Å²) in [6, 6.07) is 10.5. The van der Waals surface area contributed by atoms with E-state index in [2.05, 4.69) is 16.0 Å². The monoisotopic (exact) mass is 360 g/mol. The first-order valence-corrected chi connectivity index (χ1v) is 7.57. The summed E-state index contributed by atoms with van der Waals surface area (Å²) >= 11 is 5.90. The summed E-state index contributed by atoms with van der Waals surface area (Å²) in [6.07, 6.45) is 0. The molecule has 0 aromatic heterocycles. The zero-order valence-electron chi connectivity index (χ0n) is 13.2. The number of hydrogen-bond donors (Lipinski definition) is 3. The first-order chi connectivity index (χ1) is 11.9. The molecule has 6 nitrogen and oxygen atoms in total. The Morgan fingerprint density at radius 3 is 2.52 bits per heavy atom. The van der Waals surface area contributed by atoms with Gasteiger partial charge in [0, 0.05) is 18.3 Å². The highest BCUT2D eigenvalue weighted by Crippen LogP contribution is 2.21. The molecule has 0 heterocycles. The molecule has 2 amide bonds. The lowest BCUT2D eigenvalue weighted by Crippen LogP contribution is -2.21. The van der Waals surface area contributed by atoms with Crippen LogP contribution in [0.25, 0.3) is 0 Å². The van der Waals surface area contributed by atoms with Gasteiger partial charge < -0.3 is 16.0 Å². The quantitative estimate of drug-likeness (QED) is 0.762. The summed E-state index contributed by atoms with van der Waals surface area (Å²) in [5.41, 5.74) is 1.26. The van der Waals surface area contributed by atoms with E-state index in [0.717, 1.165) is 0 Å². The Morgan fingerprint density at radius 2 is 1.88 bits per heavy atom. The van der Waals surface area contributed by atoms with Gasteiger partial charge >= 0.3 is 0 Å². The van der Waals surface area contributed by atoms with E-state index in [4.69, 9.17) is 16.9 Å². The Bertz CT molecular complexity index is 864. The third-order valence-corrected chi connectivity index (χ3v) is 3.42. The third-order valence-electron chi connectivity index (χ3n) is 3.10. The number of carbonyl (C=O) groups excluding carboxylic acids is 2. The van der Waals surface area contributed by atoms with Gasteiger partial charge in [0.05, 0.1) is 22.8 Å². The van der Waals surface area contributed by atoms with Gasteiger partial charge in [-0.2, -0.15) is 5.26 Å². The maximum absolute atomic E-state index is 13.6. The van der Waals surface area contributed by atoms with Crippen molar-refractivity contribution in [3.8, 4) is 6.07 Å². The highest BCUT2D eigenvalue weighted by molar-refractivity contribution is 6.32. The number of amides is 2. The van der Waals surface area contributed by atoms with Gasteiger partial charge in [-0.3, -0.25) is 9.59 Å². The van der Waals surface area contributed by atoms with E-state index in [1.807, 2.05) is 6.07 Å². The van der Waals surface area contributed by atoms with Gasteiger partial charge in [-0.05, 0) is 36.4 Å². The van der Waals surface area contributed by atoms with E-state index in [-0.39, 0.29) is 23.2 Å². The molecular weight excluding hydrogens is 347 g/mol. The minimum absolute atomic E-state index is 0.0248. The Hall–Kier alpha value is -3.11. The lowest BCUT2D eigenvalue weighted by molar-refractivity contribution is -0.115. The summed E-state index contributed by atoms with van der Waals surface area (Å²) in [7, 11) is 0. The first kappa shape index (κ1) is 18.2. The summed E-state index contributed by atoms with van der Waals surface area (Å²) in [4.78, 5) is 23.0. The van der Waals surface area contributed by atoms with Crippen LogP contribution in [0.5, 0.6) is 0 Å². The van der Waals surface area contributed by atoms with Crippen LogP contribution in [-0.4, -0.2) is 18.4 Å². The molecule has 0 atom stereocenters. The van der Waals surface area contributed by atoms with Crippen LogP contribution < -0.4 is 16.0 Å². The van der Waals surface area contributed by atoms with Gasteiger partial charge in [0.1, 0.15) is 11.9 Å². The first-order valence-electron chi connectivity index (χ1n) is 7.19. The second-order valence-electron chi connectivity index (χ2n) is 5.08. The smallest absolute Gasteiger partial charge is 0.243 e. The number of halogens is 2. The third kappa shape index (κ3) is 5.19. The number of benzene rings is 2. The minimum Gasteiger partial charge on any atom is -0.376 e. The summed E-state index contributed by atoms with van der Waals surface area (Å²) in [5.74, 6) is -1.32. The molecule has 0 spiro atoms. The second kappa shape index (κ2) is 8.13. The summed E-state index contributed by atoms with van der Waals surface area (Å²) in [5, 5.41) is 16.9. The van der Waals surface area contributed by atoms with E-state index >= 15 is 0 Å². The van der Waals surface area contributed by atoms with E-state index in [1.54, 1.807) is 6.07 Å². The van der Waals surface area contributed by atoms with Crippen molar-refractivity contribution in [2.45, 2.75) is 6.92 Å². The van der Waals surface area contributed by atoms with Crippen molar-refractivity contribution in [1.29, 1.82) is 5.26 Å². The zero-order valence-corrected chi connectivity index (χ0v) is 13.9. The largest absolute Gasteiger partial charge is 0.376 e. The SMILES string of the molecule is CC(=O)Nc1cc(NCC(=O)Nc2ccc(C#N)c(Cl)c2)ccc1F. The zero-order chi connectivity index (χ0) is 18.4. The van der Waals surface area contributed by atoms with Crippen LogP contribution in [-0.2, 0) is 9.59 Å². The number of nitrogens with one attached hydrogen (secondary N) is 3. The number of nitriles is 1. The molecule has 0 aliphatic carbocycles. The molecule has 8 heteroatoms. The van der Waals surface area contributed by atoms with Crippen molar-refractivity contribution in [3.05, 3.63) is 52.8 Å². The maximum Gasteiger partial charge on any atom is 0.243 e. The predicted molar refractivity (Wildman–Crippen MR) is 94.0 cm³/mol. The Balaban J connectivity index is 1.97. The molecule has 128 valence electrons. The fourth-order valence-corrected chi connectivity index (χ4v) is 2.21. The van der Waals surface area contributed by atoms with Crippen molar-refractivity contribution < 1.29 is 14.0 Å². The Kier molecular flexibility index (Phi) is 5.93. The van der Waals surface area contributed by atoms with Gasteiger partial charge in [-0.25, -0.2) is 4.39 Å². The predicted octanol–water partition coefficient (Wildman–Crippen LogP) is 3.36. The molecule has 0 unspecified atom stereocenters. The molecule has 2 rings (SSSR count). The van der Waals surface area contributed by atoms with E-state index in [9.17, 15) is 14.0 Å². The molecule has 3 N–H and O–H groups in total. The van der Waals surface area contributed by atoms with E-state index in [1.165, 1.54) is 37.3 Å². The van der Waals surface area contributed by atoms with Crippen molar-refractivity contribution in [1.82, 2.24) is 0 Å². The van der Waals surface area contributed by atoms with Crippen molar-refractivity contribution in [2.24, 2.45) is 0 Å². The minimum atomic E-state index is -0.572. The average molecular weight is 361 g/mol. The molecule has 0 radical (unpaired) electrons. The van der Waals surface area contributed by atoms with Gasteiger partial charge in [-0.15, -0.1) is 0 Å². The molecule has 0 aliphatic rings. The van der Waals surface area contributed by atoms with Gasteiger partial charge in [-0.1, -0.05) is 11.6 Å². The van der Waals surface area contributed by atoms with Gasteiger partial charge in [0.25, 0.3) is 0 Å². The molecule has 0 saturated heterocycles. The molecule has 0 bridgehead atoms. The molecular formula is C17H14ClFN4O2. The lowest BCUT2D eigenvalue weighted by Gasteiger charge is -2.10. The van der Waals surface area contributed by atoms with Gasteiger partial charge in [0.15, 0.2) is 0 Å². The van der Waals surface area contributed by atoms with E-state index in [0.29, 0.717) is 16.9 Å². The van der Waals surface area contributed by atoms with Crippen LogP contribution in [0.3, 0.4) is 0 Å². The summed E-state index contributed by atoms with van der Waals surface area (Å²) < 4.78 is 13.6. The maximum atomic E-state index is 13.6. The van der Waals surface area contributed by atoms with Crippen LogP contribution in [0.2, 0.25) is 5.02 Å². The molecule has 0 aliphatic heterocycles. The standard InChI is InChI=1S/C17H14ClFN4O2/c1-10(24)22-16-7-12(4-5-15(16)19)21-9-17(25)23-13-3-2-11(8-20)14(18)6-13/h2-7,21H,9H2,1H3,(H,22,24)(H,23,25). The number of hydrogen-bond acceptors (Lipinski definition) is 4. The highest BCUT2D eigenvalue weighted by atomic mass is 35.5. The van der Waals surface area contributed by atoms with Crippen LogP contribution in [0.15, 0.2) is 36.4 Å². The second-order valence-corrected chi connectivity index (χ2v) is 5.49. The molecule has 2 aromatic carbocycles. The average Bonchev–Trinajstić information content (AvgIpc) is 2.55. The summed E-state index contributed by atoms with van der Waals surface area (Å²) in [6.45, 7) is 1.19. The van der Waals surface area contributed by atoms with E-state index < -0.39 is 11.7 Å². The van der Waals surface area contributed by atoms with Crippen LogP contribution >= 0.6 is 11.6 Å². The number of rotatable bonds is 5. The normalized spacial score (nSPS) is 9.84. The Morgan fingerprint density at radius 1 is 1.16 bits per heavy atom. The highest BCUT2D eigenvalue weighted by Gasteiger charge is 2.08. The number of carbonyl (C=O) groups is 2. The van der Waals surface area contributed by atoms with Crippen molar-refractivity contribution in [2.75, 3.05) is 22.5 Å². The number of anilines is 3. The lowest BCUT2D eigenvalue weighted by atomic mass is 10.2. The van der Waals surface area contributed by atoms with Crippen molar-refractivity contribution >= 4 is 40.5 Å². The fraction of sp³-hybridized carbons (Fsp3) is 0.118. The van der Waals surface area contributed by atoms with Crippen LogP contribution in [0.1, 0.15) is 12.5 Å². The number of nitrogens with zero attached hydrogens (tertiary/aromatic N) is 1. The van der Waals surface area contributed by atoms with Crippen LogP contribution in [0.4, 0.5) is 21.5 Å². The van der Waals surface area contributed by atoms with Crippen LogP contribution in [0, 0.1) is 17.1 Å². The molecule has 2 aromatic rings. The van der Waals surface area contributed by atoms with Gasteiger partial charge in [0.2, 0.25) is 11.8 Å². The molecule has 0 fully saturated rings.